The molecule has 0 unspecified atom stereocenters. The number of methoxy groups -OCH3 is 2. The molecule has 0 aromatic heterocycles. The number of carbonyl (C=O) groups is 4. The Hall–Kier alpha value is -4.54. The molecule has 3 atom stereocenters. The topological polar surface area (TPSA) is 130 Å². The zero-order valence-corrected chi connectivity index (χ0v) is 20.5. The van der Waals surface area contributed by atoms with E-state index < -0.39 is 40.2 Å². The number of likely N-dealkylation sites (tertiary alicyclic amines) is 1. The Kier molecular flexibility index (Phi) is 5.58. The van der Waals surface area contributed by atoms with Crippen LogP contribution in [0, 0.1) is 5.41 Å². The highest BCUT2D eigenvalue weighted by atomic mass is 16.5. The standard InChI is InChI=1S/C26H25N5O6/c1-24-14-19(21(33)36-2)28-29-26(24,23(35)37-3)25(30(16-24)20(32)17-10-6-4-7-11-17)15-27-31(22(25)34)18-12-8-5-9-13-18/h4-13,15,29H,14,16H2,1-3H3/t24-,25-,26-/m1/s1. The normalized spacial score (nSPS) is 28.0. The molecule has 2 aromatic carbocycles. The van der Waals surface area contributed by atoms with Gasteiger partial charge in [0.2, 0.25) is 0 Å². The first kappa shape index (κ1) is 24.2. The third-order valence-corrected chi connectivity index (χ3v) is 7.38. The van der Waals surface area contributed by atoms with Crippen LogP contribution in [-0.2, 0) is 23.9 Å². The number of anilines is 1. The van der Waals surface area contributed by atoms with E-state index in [9.17, 15) is 19.2 Å². The van der Waals surface area contributed by atoms with Crippen molar-refractivity contribution in [3.8, 4) is 0 Å². The molecule has 1 saturated heterocycles. The molecule has 37 heavy (non-hydrogen) atoms. The van der Waals surface area contributed by atoms with Gasteiger partial charge in [-0.2, -0.15) is 15.2 Å². The van der Waals surface area contributed by atoms with Crippen LogP contribution in [0.2, 0.25) is 0 Å². The molecule has 5 rings (SSSR count). The Morgan fingerprint density at radius 3 is 2.24 bits per heavy atom. The Morgan fingerprint density at radius 1 is 0.973 bits per heavy atom. The van der Waals surface area contributed by atoms with Crippen LogP contribution < -0.4 is 10.4 Å². The molecule has 3 aliphatic heterocycles. The van der Waals surface area contributed by atoms with Crippen molar-refractivity contribution in [2.24, 2.45) is 15.6 Å². The van der Waals surface area contributed by atoms with E-state index in [0.29, 0.717) is 11.3 Å². The Bertz CT molecular complexity index is 1350. The molecule has 1 spiro atoms. The van der Waals surface area contributed by atoms with Crippen molar-refractivity contribution in [1.82, 2.24) is 10.3 Å². The summed E-state index contributed by atoms with van der Waals surface area (Å²) in [5.74, 6) is -2.64. The summed E-state index contributed by atoms with van der Waals surface area (Å²) in [5.41, 5.74) is -1.48. The van der Waals surface area contributed by atoms with Crippen molar-refractivity contribution in [2.45, 2.75) is 24.4 Å². The summed E-state index contributed by atoms with van der Waals surface area (Å²) >= 11 is 0. The molecular weight excluding hydrogens is 478 g/mol. The first-order valence-electron chi connectivity index (χ1n) is 11.6. The lowest BCUT2D eigenvalue weighted by molar-refractivity contribution is -0.159. The monoisotopic (exact) mass is 503 g/mol. The number of hydrogen-bond acceptors (Lipinski definition) is 9. The smallest absolute Gasteiger partial charge is 0.354 e. The predicted molar refractivity (Wildman–Crippen MR) is 133 cm³/mol. The van der Waals surface area contributed by atoms with Gasteiger partial charge in [-0.15, -0.1) is 0 Å². The number of amides is 2. The number of para-hydroxylation sites is 1. The van der Waals surface area contributed by atoms with Crippen molar-refractivity contribution in [1.29, 1.82) is 0 Å². The predicted octanol–water partition coefficient (Wildman–Crippen LogP) is 1.35. The van der Waals surface area contributed by atoms with E-state index in [2.05, 4.69) is 15.6 Å². The van der Waals surface area contributed by atoms with Gasteiger partial charge in [-0.05, 0) is 24.3 Å². The fourth-order valence-corrected chi connectivity index (χ4v) is 5.63. The van der Waals surface area contributed by atoms with Gasteiger partial charge in [0, 0.05) is 23.9 Å². The molecule has 0 radical (unpaired) electrons. The van der Waals surface area contributed by atoms with Crippen LogP contribution >= 0.6 is 0 Å². The first-order chi connectivity index (χ1) is 17.8. The van der Waals surface area contributed by atoms with E-state index in [1.54, 1.807) is 67.6 Å². The largest absolute Gasteiger partial charge is 0.467 e. The number of ether oxygens (including phenoxy) is 2. The van der Waals surface area contributed by atoms with Gasteiger partial charge in [0.1, 0.15) is 5.71 Å². The average Bonchev–Trinajstić information content (AvgIpc) is 3.40. The van der Waals surface area contributed by atoms with Gasteiger partial charge >= 0.3 is 11.9 Å². The first-order valence-corrected chi connectivity index (χ1v) is 11.6. The second-order valence-corrected chi connectivity index (χ2v) is 9.36. The van der Waals surface area contributed by atoms with Gasteiger partial charge < -0.3 is 14.4 Å². The maximum atomic E-state index is 14.4. The van der Waals surface area contributed by atoms with E-state index in [0.717, 1.165) is 5.01 Å². The minimum Gasteiger partial charge on any atom is -0.467 e. The molecule has 11 heteroatoms. The molecule has 1 N–H and O–H groups in total. The third kappa shape index (κ3) is 3.13. The molecule has 3 heterocycles. The summed E-state index contributed by atoms with van der Waals surface area (Å²) in [7, 11) is 2.42. The maximum Gasteiger partial charge on any atom is 0.354 e. The average molecular weight is 504 g/mol. The number of carbonyl (C=O) groups excluding carboxylic acids is 4. The van der Waals surface area contributed by atoms with Crippen LogP contribution in [-0.4, -0.2) is 72.4 Å². The van der Waals surface area contributed by atoms with Gasteiger partial charge in [-0.25, -0.2) is 9.59 Å². The molecule has 0 saturated carbocycles. The highest BCUT2D eigenvalue weighted by molar-refractivity contribution is 6.37. The van der Waals surface area contributed by atoms with E-state index in [4.69, 9.17) is 9.47 Å². The van der Waals surface area contributed by atoms with Crippen molar-refractivity contribution in [3.05, 3.63) is 66.2 Å². The van der Waals surface area contributed by atoms with Crippen LogP contribution in [0.1, 0.15) is 23.7 Å². The molecule has 0 bridgehead atoms. The minimum atomic E-state index is -1.96. The lowest BCUT2D eigenvalue weighted by Crippen LogP contribution is -2.77. The molecule has 2 amide bonds. The van der Waals surface area contributed by atoms with Crippen LogP contribution in [0.15, 0.2) is 70.9 Å². The van der Waals surface area contributed by atoms with E-state index >= 15 is 0 Å². The summed E-state index contributed by atoms with van der Waals surface area (Å²) < 4.78 is 10.1. The summed E-state index contributed by atoms with van der Waals surface area (Å²) in [6, 6.07) is 17.1. The number of nitrogens with zero attached hydrogens (tertiary/aromatic N) is 4. The Labute approximate surface area is 212 Å². The molecule has 0 aliphatic carbocycles. The SMILES string of the molecule is COC(=O)C1=NN[C@]2(C(=O)OC)[C@](C)(C1)CN(C(=O)c1ccccc1)[C@@]21C=NN(c2ccccc2)C1=O. The highest BCUT2D eigenvalue weighted by Gasteiger charge is 2.81. The van der Waals surface area contributed by atoms with E-state index in [1.807, 2.05) is 0 Å². The summed E-state index contributed by atoms with van der Waals surface area (Å²) in [5, 5.41) is 9.70. The Morgan fingerprint density at radius 2 is 1.62 bits per heavy atom. The zero-order chi connectivity index (χ0) is 26.4. The van der Waals surface area contributed by atoms with Gasteiger partial charge in [0.15, 0.2) is 11.1 Å². The molecule has 3 aliphatic rings. The summed E-state index contributed by atoms with van der Waals surface area (Å²) in [4.78, 5) is 55.8. The van der Waals surface area contributed by atoms with Crippen LogP contribution in [0.4, 0.5) is 5.69 Å². The van der Waals surface area contributed by atoms with Crippen molar-refractivity contribution < 1.29 is 28.7 Å². The number of rotatable bonds is 4. The zero-order valence-electron chi connectivity index (χ0n) is 20.5. The highest BCUT2D eigenvalue weighted by Crippen LogP contribution is 2.56. The van der Waals surface area contributed by atoms with Crippen molar-refractivity contribution in [3.63, 3.8) is 0 Å². The van der Waals surface area contributed by atoms with E-state index in [-0.39, 0.29) is 18.7 Å². The van der Waals surface area contributed by atoms with Gasteiger partial charge in [0.05, 0.1) is 26.1 Å². The molecule has 2 aromatic rings. The quantitative estimate of drug-likeness (QED) is 0.624. The van der Waals surface area contributed by atoms with Gasteiger partial charge in [-0.1, -0.05) is 43.3 Å². The van der Waals surface area contributed by atoms with Crippen LogP contribution in [0.3, 0.4) is 0 Å². The Balaban J connectivity index is 1.74. The van der Waals surface area contributed by atoms with Crippen molar-refractivity contribution >= 4 is 41.4 Å². The lowest BCUT2D eigenvalue weighted by Gasteiger charge is -2.48. The number of fused-ring (bicyclic) bond motifs is 2. The summed E-state index contributed by atoms with van der Waals surface area (Å²) in [6.07, 6.45) is 1.24. The number of nitrogens with one attached hydrogen (secondary N) is 1. The molecule has 190 valence electrons. The van der Waals surface area contributed by atoms with Crippen molar-refractivity contribution in [2.75, 3.05) is 25.8 Å². The molecule has 11 nitrogen and oxygen atoms in total. The van der Waals surface area contributed by atoms with Gasteiger partial charge in [0.25, 0.3) is 11.8 Å². The molecular formula is C26H25N5O6. The number of hydrogen-bond donors (Lipinski definition) is 1. The van der Waals surface area contributed by atoms with Gasteiger partial charge in [-0.3, -0.25) is 15.0 Å². The summed E-state index contributed by atoms with van der Waals surface area (Å²) in [6.45, 7) is 1.63. The second kappa shape index (κ2) is 8.54. The maximum absolute atomic E-state index is 14.4. The second-order valence-electron chi connectivity index (χ2n) is 9.36. The number of hydrazone groups is 2. The van der Waals surface area contributed by atoms with Crippen LogP contribution in [0.5, 0.6) is 0 Å². The number of esters is 2. The minimum absolute atomic E-state index is 0.0241. The number of benzene rings is 2. The third-order valence-electron chi connectivity index (χ3n) is 7.38. The van der Waals surface area contributed by atoms with E-state index in [1.165, 1.54) is 25.3 Å². The van der Waals surface area contributed by atoms with Crippen LogP contribution in [0.25, 0.3) is 0 Å². The fraction of sp³-hybridized carbons (Fsp3) is 0.308. The lowest BCUT2D eigenvalue weighted by atomic mass is 9.61. The molecule has 1 fully saturated rings. The fourth-order valence-electron chi connectivity index (χ4n) is 5.63.